The zero-order valence-electron chi connectivity index (χ0n) is 21.4. The van der Waals surface area contributed by atoms with Gasteiger partial charge in [0.25, 0.3) is 0 Å². The molecular formula is C30H33ClN2O5. The largest absolute Gasteiger partial charge is 0.465 e. The van der Waals surface area contributed by atoms with Gasteiger partial charge in [-0.1, -0.05) is 85.3 Å². The molecule has 0 saturated carbocycles. The van der Waals surface area contributed by atoms with Gasteiger partial charge in [-0.05, 0) is 36.5 Å². The van der Waals surface area contributed by atoms with E-state index in [0.717, 1.165) is 17.5 Å². The van der Waals surface area contributed by atoms with E-state index < -0.39 is 23.7 Å². The Morgan fingerprint density at radius 3 is 2.55 bits per heavy atom. The van der Waals surface area contributed by atoms with E-state index in [0.29, 0.717) is 41.4 Å². The number of carbonyl (C=O) groups is 2. The number of ketones is 1. The van der Waals surface area contributed by atoms with Gasteiger partial charge in [-0.25, -0.2) is 4.79 Å². The molecule has 8 heteroatoms. The van der Waals surface area contributed by atoms with Crippen LogP contribution in [-0.4, -0.2) is 59.5 Å². The number of rotatable bonds is 10. The second-order valence-corrected chi connectivity index (χ2v) is 9.79. The summed E-state index contributed by atoms with van der Waals surface area (Å²) in [5.41, 5.74) is 1.30. The summed E-state index contributed by atoms with van der Waals surface area (Å²) in [5.74, 6) is -0.467. The first-order chi connectivity index (χ1) is 18.3. The van der Waals surface area contributed by atoms with Gasteiger partial charge in [0, 0.05) is 41.3 Å². The third-order valence-corrected chi connectivity index (χ3v) is 7.25. The molecule has 1 saturated heterocycles. The van der Waals surface area contributed by atoms with E-state index in [2.05, 4.69) is 12.2 Å². The highest BCUT2D eigenvalue weighted by atomic mass is 35.5. The maximum atomic E-state index is 13.9. The zero-order valence-corrected chi connectivity index (χ0v) is 22.2. The quantitative estimate of drug-likeness (QED) is 0.302. The van der Waals surface area contributed by atoms with Crippen molar-refractivity contribution in [3.63, 3.8) is 0 Å². The number of hydrogen-bond donors (Lipinski definition) is 3. The maximum Gasteiger partial charge on any atom is 0.409 e. The van der Waals surface area contributed by atoms with Crippen LogP contribution < -0.4 is 5.32 Å². The number of morpholine rings is 1. The number of benzene rings is 3. The summed E-state index contributed by atoms with van der Waals surface area (Å²) in [6, 6.07) is 21.7. The van der Waals surface area contributed by atoms with Crippen molar-refractivity contribution >= 4 is 23.5 Å². The van der Waals surface area contributed by atoms with E-state index in [1.807, 2.05) is 24.3 Å². The van der Waals surface area contributed by atoms with Crippen molar-refractivity contribution in [2.75, 3.05) is 26.2 Å². The Morgan fingerprint density at radius 1 is 1.11 bits per heavy atom. The lowest BCUT2D eigenvalue weighted by Crippen LogP contribution is -2.51. The minimum Gasteiger partial charge on any atom is -0.465 e. The van der Waals surface area contributed by atoms with Crippen LogP contribution in [0.4, 0.5) is 4.79 Å². The number of amides is 1. The van der Waals surface area contributed by atoms with E-state index in [9.17, 15) is 19.8 Å². The number of Topliss-reactive ketones (excluding diaryl/α,β-unsaturated/α-hetero) is 1. The molecule has 38 heavy (non-hydrogen) atoms. The lowest BCUT2D eigenvalue weighted by atomic mass is 9.78. The third kappa shape index (κ3) is 6.08. The number of carboxylic acid groups (broad SMARTS) is 1. The lowest BCUT2D eigenvalue weighted by molar-refractivity contribution is -0.0652. The standard InChI is InChI=1S/C30H33ClN2O5/c1-2-21-9-6-12-23(19-21)27-24(13-7-14-25(27)31)30(37,28(34)22-10-4-3-5-11-22)15-8-17-33(29(35)36)26-20-32-16-18-38-26/h3-7,9-14,19,26,32,37H,2,8,15-18,20H2,1H3,(H,35,36). The van der Waals surface area contributed by atoms with Crippen molar-refractivity contribution in [2.24, 2.45) is 0 Å². The Morgan fingerprint density at radius 2 is 1.87 bits per heavy atom. The van der Waals surface area contributed by atoms with E-state index in [1.165, 1.54) is 4.90 Å². The van der Waals surface area contributed by atoms with Gasteiger partial charge >= 0.3 is 6.09 Å². The minimum atomic E-state index is -1.94. The molecule has 0 aliphatic carbocycles. The summed E-state index contributed by atoms with van der Waals surface area (Å²) >= 11 is 6.71. The summed E-state index contributed by atoms with van der Waals surface area (Å²) in [6.45, 7) is 3.60. The van der Waals surface area contributed by atoms with Crippen LogP contribution in [0.15, 0.2) is 72.8 Å². The van der Waals surface area contributed by atoms with Gasteiger partial charge in [-0.15, -0.1) is 0 Å². The molecule has 0 radical (unpaired) electrons. The Bertz CT molecular complexity index is 1260. The highest BCUT2D eigenvalue weighted by Crippen LogP contribution is 2.41. The van der Waals surface area contributed by atoms with Crippen molar-refractivity contribution in [3.8, 4) is 11.1 Å². The van der Waals surface area contributed by atoms with Crippen LogP contribution in [0.25, 0.3) is 11.1 Å². The summed E-state index contributed by atoms with van der Waals surface area (Å²) in [7, 11) is 0. The minimum absolute atomic E-state index is 0.00847. The van der Waals surface area contributed by atoms with Crippen LogP contribution >= 0.6 is 11.6 Å². The molecule has 2 atom stereocenters. The molecule has 0 bridgehead atoms. The highest BCUT2D eigenvalue weighted by Gasteiger charge is 2.41. The normalized spacial score (nSPS) is 17.0. The number of hydrogen-bond acceptors (Lipinski definition) is 5. The molecule has 4 rings (SSSR count). The number of aryl methyl sites for hydroxylation is 1. The highest BCUT2D eigenvalue weighted by molar-refractivity contribution is 6.33. The predicted octanol–water partition coefficient (Wildman–Crippen LogP) is 5.35. The maximum absolute atomic E-state index is 13.9. The van der Waals surface area contributed by atoms with Gasteiger partial charge in [0.05, 0.1) is 6.61 Å². The molecule has 3 aromatic rings. The van der Waals surface area contributed by atoms with Crippen LogP contribution in [0.3, 0.4) is 0 Å². The van der Waals surface area contributed by atoms with Gasteiger partial charge in [0.2, 0.25) is 0 Å². The fourth-order valence-corrected chi connectivity index (χ4v) is 5.21. The molecule has 1 aliphatic rings. The van der Waals surface area contributed by atoms with E-state index >= 15 is 0 Å². The smallest absolute Gasteiger partial charge is 0.409 e. The fraction of sp³-hybridized carbons (Fsp3) is 0.333. The van der Waals surface area contributed by atoms with Gasteiger partial charge in [0.1, 0.15) is 6.23 Å². The van der Waals surface area contributed by atoms with Crippen molar-refractivity contribution < 1.29 is 24.5 Å². The summed E-state index contributed by atoms with van der Waals surface area (Å²) in [6.07, 6.45) is -0.702. The number of nitrogens with one attached hydrogen (secondary N) is 1. The molecule has 2 unspecified atom stereocenters. The molecule has 200 valence electrons. The molecule has 1 fully saturated rings. The second-order valence-electron chi connectivity index (χ2n) is 9.38. The Balaban J connectivity index is 1.73. The Kier molecular flexibility index (Phi) is 9.17. The van der Waals surface area contributed by atoms with Crippen molar-refractivity contribution in [1.29, 1.82) is 0 Å². The summed E-state index contributed by atoms with van der Waals surface area (Å²) in [4.78, 5) is 27.1. The number of ether oxygens (including phenoxy) is 1. The van der Waals surface area contributed by atoms with E-state index in [1.54, 1.807) is 48.5 Å². The first kappa shape index (κ1) is 27.8. The van der Waals surface area contributed by atoms with Crippen LogP contribution in [0.2, 0.25) is 5.02 Å². The molecule has 0 aromatic heterocycles. The second kappa shape index (κ2) is 12.5. The molecule has 1 heterocycles. The van der Waals surface area contributed by atoms with E-state index in [-0.39, 0.29) is 19.4 Å². The third-order valence-electron chi connectivity index (χ3n) is 6.93. The molecule has 0 spiro atoms. The molecule has 3 aromatic carbocycles. The number of halogens is 1. The first-order valence-corrected chi connectivity index (χ1v) is 13.3. The van der Waals surface area contributed by atoms with Crippen LogP contribution in [0, 0.1) is 0 Å². The summed E-state index contributed by atoms with van der Waals surface area (Å²) < 4.78 is 5.64. The first-order valence-electron chi connectivity index (χ1n) is 12.9. The van der Waals surface area contributed by atoms with Crippen molar-refractivity contribution in [1.82, 2.24) is 10.2 Å². The zero-order chi connectivity index (χ0) is 27.1. The van der Waals surface area contributed by atoms with Crippen molar-refractivity contribution in [2.45, 2.75) is 38.0 Å². The fourth-order valence-electron chi connectivity index (χ4n) is 4.93. The Hall–Kier alpha value is -3.23. The van der Waals surface area contributed by atoms with Gasteiger partial charge in [-0.2, -0.15) is 0 Å². The average Bonchev–Trinajstić information content (AvgIpc) is 2.95. The van der Waals surface area contributed by atoms with Crippen LogP contribution in [0.1, 0.15) is 41.3 Å². The molecule has 1 amide bonds. The van der Waals surface area contributed by atoms with Crippen molar-refractivity contribution in [3.05, 3.63) is 94.5 Å². The monoisotopic (exact) mass is 536 g/mol. The lowest BCUT2D eigenvalue weighted by Gasteiger charge is -2.34. The van der Waals surface area contributed by atoms with Gasteiger partial charge in [-0.3, -0.25) is 9.69 Å². The van der Waals surface area contributed by atoms with Gasteiger partial charge < -0.3 is 20.3 Å². The molecule has 1 aliphatic heterocycles. The average molecular weight is 537 g/mol. The number of nitrogens with zero attached hydrogens (tertiary/aromatic N) is 1. The van der Waals surface area contributed by atoms with E-state index in [4.69, 9.17) is 16.3 Å². The van der Waals surface area contributed by atoms with Gasteiger partial charge in [0.15, 0.2) is 11.4 Å². The topological polar surface area (TPSA) is 99.1 Å². The van der Waals surface area contributed by atoms with Crippen LogP contribution in [-0.2, 0) is 16.8 Å². The molecule has 7 nitrogen and oxygen atoms in total. The summed E-state index contributed by atoms with van der Waals surface area (Å²) in [5, 5.41) is 25.6. The SMILES string of the molecule is CCc1cccc(-c2c(Cl)cccc2C(O)(CCCN(C(=O)O)C2CNCCO2)C(=O)c2ccccc2)c1. The predicted molar refractivity (Wildman–Crippen MR) is 148 cm³/mol. The number of carbonyl (C=O) groups excluding carboxylic acids is 1. The molecular weight excluding hydrogens is 504 g/mol. The Labute approximate surface area is 228 Å². The molecule has 3 N–H and O–H groups in total. The van der Waals surface area contributed by atoms with Crippen LogP contribution in [0.5, 0.6) is 0 Å². The number of aliphatic hydroxyl groups is 1.